The maximum Gasteiger partial charge on any atom is 0.148 e. The minimum absolute atomic E-state index is 0.156. The van der Waals surface area contributed by atoms with Gasteiger partial charge in [-0.05, 0) is 55.8 Å². The van der Waals surface area contributed by atoms with E-state index in [0.717, 1.165) is 28.0 Å². The predicted molar refractivity (Wildman–Crippen MR) is 108 cm³/mol. The van der Waals surface area contributed by atoms with Gasteiger partial charge in [-0.15, -0.1) is 0 Å². The van der Waals surface area contributed by atoms with Crippen LogP contribution in [0.4, 0.5) is 5.69 Å². The van der Waals surface area contributed by atoms with E-state index in [1.54, 1.807) is 4.90 Å². The van der Waals surface area contributed by atoms with Crippen LogP contribution >= 0.6 is 0 Å². The van der Waals surface area contributed by atoms with Crippen molar-refractivity contribution in [1.29, 1.82) is 5.41 Å². The van der Waals surface area contributed by atoms with Crippen LogP contribution in [-0.2, 0) is 7.05 Å². The van der Waals surface area contributed by atoms with Gasteiger partial charge in [0, 0.05) is 12.7 Å². The van der Waals surface area contributed by atoms with Gasteiger partial charge in [0.05, 0.1) is 29.8 Å². The highest BCUT2D eigenvalue weighted by Crippen LogP contribution is 2.32. The molecule has 0 bridgehead atoms. The fourth-order valence-corrected chi connectivity index (χ4v) is 3.46. The summed E-state index contributed by atoms with van der Waals surface area (Å²) in [5.74, 6) is 1.79. The molecular weight excluding hydrogens is 340 g/mol. The number of aromatic nitrogens is 2. The van der Waals surface area contributed by atoms with E-state index in [0.29, 0.717) is 18.0 Å². The molecule has 4 rings (SSSR count). The van der Waals surface area contributed by atoms with E-state index in [-0.39, 0.29) is 18.1 Å². The summed E-state index contributed by atoms with van der Waals surface area (Å²) >= 11 is 0. The van der Waals surface area contributed by atoms with Crippen LogP contribution in [-0.4, -0.2) is 33.6 Å². The smallest absolute Gasteiger partial charge is 0.148 e. The summed E-state index contributed by atoms with van der Waals surface area (Å²) in [6.07, 6.45) is 0. The lowest BCUT2D eigenvalue weighted by Gasteiger charge is -2.19. The molecule has 0 atom stereocenters. The van der Waals surface area contributed by atoms with Gasteiger partial charge in [-0.25, -0.2) is 4.98 Å². The monoisotopic (exact) mass is 362 g/mol. The molecule has 1 aliphatic rings. The van der Waals surface area contributed by atoms with E-state index in [1.165, 1.54) is 0 Å². The second-order valence-electron chi connectivity index (χ2n) is 6.67. The molecule has 0 unspecified atom stereocenters. The van der Waals surface area contributed by atoms with E-state index in [9.17, 15) is 5.11 Å². The quantitative estimate of drug-likeness (QED) is 0.734. The van der Waals surface area contributed by atoms with Gasteiger partial charge in [0.2, 0.25) is 0 Å². The molecule has 0 fully saturated rings. The second kappa shape index (κ2) is 6.46. The van der Waals surface area contributed by atoms with Crippen molar-refractivity contribution in [2.24, 2.45) is 7.05 Å². The van der Waals surface area contributed by atoms with Crippen LogP contribution in [0.15, 0.2) is 48.2 Å². The Hall–Kier alpha value is -3.28. The zero-order valence-electron chi connectivity index (χ0n) is 15.7. The van der Waals surface area contributed by atoms with Gasteiger partial charge in [0.15, 0.2) is 0 Å². The number of hydrogen-bond acceptors (Lipinski definition) is 4. The number of benzene rings is 2. The highest BCUT2D eigenvalue weighted by molar-refractivity contribution is 6.30. The summed E-state index contributed by atoms with van der Waals surface area (Å²) in [7, 11) is 1.91. The van der Waals surface area contributed by atoms with E-state index < -0.39 is 0 Å². The number of ether oxygens (including phenoxy) is 1. The molecule has 0 radical (unpaired) electrons. The summed E-state index contributed by atoms with van der Waals surface area (Å²) in [6, 6.07) is 13.6. The first-order chi connectivity index (χ1) is 13.0. The van der Waals surface area contributed by atoms with E-state index in [1.807, 2.05) is 67.9 Å². The molecule has 0 saturated carbocycles. The van der Waals surface area contributed by atoms with Crippen molar-refractivity contribution in [3.05, 3.63) is 59.6 Å². The van der Waals surface area contributed by atoms with Crippen molar-refractivity contribution in [2.45, 2.75) is 13.8 Å². The van der Waals surface area contributed by atoms with Crippen LogP contribution in [0.25, 0.3) is 16.6 Å². The van der Waals surface area contributed by atoms with Crippen molar-refractivity contribution in [2.75, 3.05) is 18.1 Å². The Morgan fingerprint density at radius 1 is 1.19 bits per heavy atom. The molecule has 2 heterocycles. The van der Waals surface area contributed by atoms with Crippen molar-refractivity contribution >= 4 is 28.1 Å². The zero-order chi connectivity index (χ0) is 19.1. The van der Waals surface area contributed by atoms with Crippen LogP contribution in [0.5, 0.6) is 5.75 Å². The Labute approximate surface area is 157 Å². The molecule has 1 aromatic heterocycles. The van der Waals surface area contributed by atoms with Gasteiger partial charge < -0.3 is 19.3 Å². The molecule has 138 valence electrons. The van der Waals surface area contributed by atoms with Gasteiger partial charge in [0.1, 0.15) is 23.2 Å². The third-order valence-electron chi connectivity index (χ3n) is 4.82. The number of aliphatic hydroxyl groups is 1. The minimum atomic E-state index is 0.156. The van der Waals surface area contributed by atoms with E-state index in [2.05, 4.69) is 4.98 Å². The Kier molecular flexibility index (Phi) is 4.11. The van der Waals surface area contributed by atoms with Crippen LogP contribution in [0.1, 0.15) is 18.3 Å². The first kappa shape index (κ1) is 17.1. The number of fused-ring (bicyclic) bond motifs is 1. The maximum absolute atomic E-state index is 10.6. The number of rotatable bonds is 4. The third kappa shape index (κ3) is 2.83. The standard InChI is InChI=1S/C21H22N4O2/c1-4-27-15-8-6-14(7-9-15)25-12-18(26)19(20(25)22)21-23-16-11-13(2)5-10-17(16)24(21)3/h5-11,22,26H,4,12H2,1-3H3. The topological polar surface area (TPSA) is 74.4 Å². The highest BCUT2D eigenvalue weighted by Gasteiger charge is 2.32. The van der Waals surface area contributed by atoms with E-state index in [4.69, 9.17) is 10.1 Å². The van der Waals surface area contributed by atoms with Crippen LogP contribution in [0, 0.1) is 12.3 Å². The molecular formula is C21H22N4O2. The lowest BCUT2D eigenvalue weighted by Crippen LogP contribution is -2.26. The normalized spacial score (nSPS) is 14.5. The molecule has 0 aliphatic carbocycles. The van der Waals surface area contributed by atoms with Crippen molar-refractivity contribution in [1.82, 2.24) is 9.55 Å². The molecule has 0 saturated heterocycles. The van der Waals surface area contributed by atoms with Crippen molar-refractivity contribution in [3.8, 4) is 5.75 Å². The lowest BCUT2D eigenvalue weighted by atomic mass is 10.2. The van der Waals surface area contributed by atoms with Crippen molar-refractivity contribution < 1.29 is 9.84 Å². The molecule has 1 aliphatic heterocycles. The number of anilines is 1. The summed E-state index contributed by atoms with van der Waals surface area (Å²) in [6.45, 7) is 4.83. The Balaban J connectivity index is 1.69. The fraction of sp³-hybridized carbons (Fsp3) is 0.238. The fourth-order valence-electron chi connectivity index (χ4n) is 3.46. The first-order valence-corrected chi connectivity index (χ1v) is 8.94. The zero-order valence-corrected chi connectivity index (χ0v) is 15.7. The van der Waals surface area contributed by atoms with Gasteiger partial charge in [-0.2, -0.15) is 0 Å². The van der Waals surface area contributed by atoms with Crippen LogP contribution < -0.4 is 9.64 Å². The molecule has 0 spiro atoms. The number of aryl methyl sites for hydroxylation is 2. The molecule has 2 N–H and O–H groups in total. The van der Waals surface area contributed by atoms with Crippen LogP contribution in [0.2, 0.25) is 0 Å². The largest absolute Gasteiger partial charge is 0.509 e. The predicted octanol–water partition coefficient (Wildman–Crippen LogP) is 4.05. The summed E-state index contributed by atoms with van der Waals surface area (Å²) in [5.41, 5.74) is 4.27. The maximum atomic E-state index is 10.6. The van der Waals surface area contributed by atoms with Gasteiger partial charge in [0.25, 0.3) is 0 Å². The number of aliphatic hydroxyl groups excluding tert-OH is 1. The molecule has 6 nitrogen and oxygen atoms in total. The second-order valence-corrected chi connectivity index (χ2v) is 6.67. The number of imidazole rings is 1. The molecule has 27 heavy (non-hydrogen) atoms. The number of nitrogens with zero attached hydrogens (tertiary/aromatic N) is 3. The summed E-state index contributed by atoms with van der Waals surface area (Å²) < 4.78 is 7.40. The Morgan fingerprint density at radius 2 is 1.93 bits per heavy atom. The molecule has 6 heteroatoms. The Bertz CT molecular complexity index is 1060. The van der Waals surface area contributed by atoms with E-state index >= 15 is 0 Å². The number of nitrogens with one attached hydrogen (secondary N) is 1. The Morgan fingerprint density at radius 3 is 2.63 bits per heavy atom. The number of hydrogen-bond donors (Lipinski definition) is 2. The van der Waals surface area contributed by atoms with Crippen molar-refractivity contribution in [3.63, 3.8) is 0 Å². The summed E-state index contributed by atoms with van der Waals surface area (Å²) in [5, 5.41) is 19.2. The summed E-state index contributed by atoms with van der Waals surface area (Å²) in [4.78, 5) is 6.45. The van der Waals surface area contributed by atoms with Gasteiger partial charge >= 0.3 is 0 Å². The SMILES string of the molecule is CCOc1ccc(N2CC(O)=C(c3nc4cc(C)ccc4n3C)C2=N)cc1. The van der Waals surface area contributed by atoms with Crippen LogP contribution in [0.3, 0.4) is 0 Å². The average molecular weight is 362 g/mol. The minimum Gasteiger partial charge on any atom is -0.509 e. The third-order valence-corrected chi connectivity index (χ3v) is 4.82. The number of amidine groups is 1. The first-order valence-electron chi connectivity index (χ1n) is 8.94. The molecule has 3 aromatic rings. The lowest BCUT2D eigenvalue weighted by molar-refractivity contribution is 0.340. The molecule has 0 amide bonds. The average Bonchev–Trinajstić information content (AvgIpc) is 3.12. The molecule has 2 aromatic carbocycles. The highest BCUT2D eigenvalue weighted by atomic mass is 16.5. The van der Waals surface area contributed by atoms with Gasteiger partial charge in [-0.3, -0.25) is 5.41 Å². The van der Waals surface area contributed by atoms with Gasteiger partial charge in [-0.1, -0.05) is 6.07 Å².